The van der Waals surface area contributed by atoms with Crippen LogP contribution in [0.4, 0.5) is 5.69 Å². The Labute approximate surface area is 136 Å². The number of carbonyl (C=O) groups is 1. The highest BCUT2D eigenvalue weighted by Crippen LogP contribution is 2.36. The quantitative estimate of drug-likeness (QED) is 0.570. The zero-order valence-electron chi connectivity index (χ0n) is 13.6. The summed E-state index contributed by atoms with van der Waals surface area (Å²) in [4.78, 5) is 14.4. The van der Waals surface area contributed by atoms with Crippen molar-refractivity contribution in [1.82, 2.24) is 10.2 Å². The standard InChI is InChI=1S/C17H25N3O3/c1-13-8-14(18)2-3-15(13)16(21)19-4-6-22-7-5-20-9-17(10-20)11-23-12-17/h2-3,8H,4-7,9-12,18H2,1H3,(H,19,21). The summed E-state index contributed by atoms with van der Waals surface area (Å²) in [6.07, 6.45) is 0. The Morgan fingerprint density at radius 1 is 1.39 bits per heavy atom. The van der Waals surface area contributed by atoms with Gasteiger partial charge in [-0.15, -0.1) is 0 Å². The van der Waals surface area contributed by atoms with Crippen LogP contribution < -0.4 is 11.1 Å². The maximum atomic E-state index is 12.1. The van der Waals surface area contributed by atoms with Crippen molar-refractivity contribution < 1.29 is 14.3 Å². The third kappa shape index (κ3) is 3.83. The molecule has 0 bridgehead atoms. The van der Waals surface area contributed by atoms with Crippen LogP contribution in [0.25, 0.3) is 0 Å². The maximum absolute atomic E-state index is 12.1. The van der Waals surface area contributed by atoms with Gasteiger partial charge in [-0.25, -0.2) is 0 Å². The van der Waals surface area contributed by atoms with Crippen LogP contribution in [-0.2, 0) is 9.47 Å². The molecule has 0 unspecified atom stereocenters. The Bertz CT molecular complexity index is 564. The number of nitrogens with one attached hydrogen (secondary N) is 1. The van der Waals surface area contributed by atoms with Crippen LogP contribution in [0.2, 0.25) is 0 Å². The van der Waals surface area contributed by atoms with Gasteiger partial charge in [-0.05, 0) is 30.7 Å². The van der Waals surface area contributed by atoms with E-state index in [4.69, 9.17) is 15.2 Å². The molecule has 1 aromatic carbocycles. The number of hydrogen-bond donors (Lipinski definition) is 2. The van der Waals surface area contributed by atoms with Gasteiger partial charge in [-0.3, -0.25) is 9.69 Å². The van der Waals surface area contributed by atoms with Crippen LogP contribution in [0, 0.1) is 12.3 Å². The molecule has 1 spiro atoms. The molecular formula is C17H25N3O3. The van der Waals surface area contributed by atoms with E-state index in [0.717, 1.165) is 38.4 Å². The van der Waals surface area contributed by atoms with Crippen LogP contribution in [-0.4, -0.2) is 63.4 Å². The number of nitrogen functional groups attached to an aromatic ring is 1. The van der Waals surface area contributed by atoms with Crippen molar-refractivity contribution in [2.45, 2.75) is 6.92 Å². The van der Waals surface area contributed by atoms with E-state index in [-0.39, 0.29) is 5.91 Å². The fourth-order valence-electron chi connectivity index (χ4n) is 3.20. The molecule has 126 valence electrons. The number of ether oxygens (including phenoxy) is 2. The summed E-state index contributed by atoms with van der Waals surface area (Å²) < 4.78 is 10.8. The van der Waals surface area contributed by atoms with Gasteiger partial charge in [-0.1, -0.05) is 0 Å². The largest absolute Gasteiger partial charge is 0.399 e. The molecule has 0 aromatic heterocycles. The monoisotopic (exact) mass is 319 g/mol. The first kappa shape index (κ1) is 16.2. The predicted molar refractivity (Wildman–Crippen MR) is 88.4 cm³/mol. The number of hydrogen-bond acceptors (Lipinski definition) is 5. The van der Waals surface area contributed by atoms with Gasteiger partial charge in [0, 0.05) is 42.8 Å². The van der Waals surface area contributed by atoms with Crippen LogP contribution in [0.5, 0.6) is 0 Å². The second-order valence-corrected chi connectivity index (χ2v) is 6.65. The third-order valence-corrected chi connectivity index (χ3v) is 4.51. The molecule has 0 saturated carbocycles. The molecule has 2 aliphatic heterocycles. The van der Waals surface area contributed by atoms with E-state index in [0.29, 0.717) is 36.4 Å². The van der Waals surface area contributed by atoms with Crippen LogP contribution in [0.3, 0.4) is 0 Å². The van der Waals surface area contributed by atoms with Crippen molar-refractivity contribution in [1.29, 1.82) is 0 Å². The van der Waals surface area contributed by atoms with E-state index >= 15 is 0 Å². The Hall–Kier alpha value is -1.63. The number of nitrogens with two attached hydrogens (primary N) is 1. The topological polar surface area (TPSA) is 76.8 Å². The maximum Gasteiger partial charge on any atom is 0.251 e. The summed E-state index contributed by atoms with van der Waals surface area (Å²) >= 11 is 0. The number of amides is 1. The van der Waals surface area contributed by atoms with Crippen molar-refractivity contribution in [3.8, 4) is 0 Å². The van der Waals surface area contributed by atoms with Gasteiger partial charge in [0.15, 0.2) is 0 Å². The summed E-state index contributed by atoms with van der Waals surface area (Å²) in [5.74, 6) is -0.0826. The van der Waals surface area contributed by atoms with Crippen molar-refractivity contribution in [3.05, 3.63) is 29.3 Å². The van der Waals surface area contributed by atoms with Crippen molar-refractivity contribution in [3.63, 3.8) is 0 Å². The van der Waals surface area contributed by atoms with Gasteiger partial charge in [0.05, 0.1) is 26.4 Å². The first-order chi connectivity index (χ1) is 11.1. The van der Waals surface area contributed by atoms with Gasteiger partial charge in [0.25, 0.3) is 5.91 Å². The molecular weight excluding hydrogens is 294 g/mol. The Morgan fingerprint density at radius 3 is 2.83 bits per heavy atom. The zero-order chi connectivity index (χ0) is 16.3. The summed E-state index contributed by atoms with van der Waals surface area (Å²) in [6.45, 7) is 8.67. The highest BCUT2D eigenvalue weighted by Gasteiger charge is 2.48. The van der Waals surface area contributed by atoms with E-state index in [2.05, 4.69) is 10.2 Å². The second kappa shape index (κ2) is 6.86. The molecule has 23 heavy (non-hydrogen) atoms. The molecule has 2 heterocycles. The van der Waals surface area contributed by atoms with Crippen molar-refractivity contribution >= 4 is 11.6 Å². The molecule has 0 radical (unpaired) electrons. The fourth-order valence-corrected chi connectivity index (χ4v) is 3.20. The van der Waals surface area contributed by atoms with Crippen molar-refractivity contribution in [2.75, 3.05) is 58.3 Å². The van der Waals surface area contributed by atoms with Gasteiger partial charge in [-0.2, -0.15) is 0 Å². The molecule has 3 N–H and O–H groups in total. The molecule has 1 amide bonds. The van der Waals surface area contributed by atoms with Gasteiger partial charge >= 0.3 is 0 Å². The number of nitrogens with zero attached hydrogens (tertiary/aromatic N) is 1. The molecule has 3 rings (SSSR count). The number of aryl methyl sites for hydroxylation is 1. The van der Waals surface area contributed by atoms with E-state index in [1.165, 1.54) is 0 Å². The molecule has 0 atom stereocenters. The molecule has 6 heteroatoms. The van der Waals surface area contributed by atoms with Crippen LogP contribution >= 0.6 is 0 Å². The summed E-state index contributed by atoms with van der Waals surface area (Å²) in [5.41, 5.74) is 8.37. The van der Waals surface area contributed by atoms with Crippen LogP contribution in [0.1, 0.15) is 15.9 Å². The Balaban J connectivity index is 1.26. The highest BCUT2D eigenvalue weighted by molar-refractivity contribution is 5.95. The molecule has 2 fully saturated rings. The number of rotatable bonds is 7. The van der Waals surface area contributed by atoms with Gasteiger partial charge in [0.2, 0.25) is 0 Å². The van der Waals surface area contributed by atoms with Crippen molar-refractivity contribution in [2.24, 2.45) is 5.41 Å². The predicted octanol–water partition coefficient (Wildman–Crippen LogP) is 0.656. The van der Waals surface area contributed by atoms with E-state index < -0.39 is 0 Å². The normalized spacial score (nSPS) is 19.2. The smallest absolute Gasteiger partial charge is 0.251 e. The van der Waals surface area contributed by atoms with E-state index in [9.17, 15) is 4.79 Å². The minimum atomic E-state index is -0.0826. The van der Waals surface area contributed by atoms with Crippen LogP contribution in [0.15, 0.2) is 18.2 Å². The number of benzene rings is 1. The molecule has 2 aliphatic rings. The highest BCUT2D eigenvalue weighted by atomic mass is 16.5. The van der Waals surface area contributed by atoms with E-state index in [1.807, 2.05) is 6.92 Å². The van der Waals surface area contributed by atoms with Gasteiger partial charge in [0.1, 0.15) is 0 Å². The average Bonchev–Trinajstić information content (AvgIpc) is 2.42. The molecule has 6 nitrogen and oxygen atoms in total. The summed E-state index contributed by atoms with van der Waals surface area (Å²) in [7, 11) is 0. The zero-order valence-corrected chi connectivity index (χ0v) is 13.6. The molecule has 1 aromatic rings. The lowest BCUT2D eigenvalue weighted by molar-refractivity contribution is -0.190. The van der Waals surface area contributed by atoms with E-state index in [1.54, 1.807) is 18.2 Å². The molecule has 2 saturated heterocycles. The lowest BCUT2D eigenvalue weighted by Gasteiger charge is -2.55. The SMILES string of the molecule is Cc1cc(N)ccc1C(=O)NCCOCCN1CC2(COC2)C1. The average molecular weight is 319 g/mol. The lowest BCUT2D eigenvalue weighted by Crippen LogP contribution is -2.66. The minimum absolute atomic E-state index is 0.0826. The Morgan fingerprint density at radius 2 is 2.17 bits per heavy atom. The Kier molecular flexibility index (Phi) is 4.84. The number of likely N-dealkylation sites (tertiary alicyclic amines) is 1. The first-order valence-electron chi connectivity index (χ1n) is 8.10. The summed E-state index contributed by atoms with van der Waals surface area (Å²) in [5, 5.41) is 2.87. The summed E-state index contributed by atoms with van der Waals surface area (Å²) in [6, 6.07) is 5.30. The third-order valence-electron chi connectivity index (χ3n) is 4.51. The lowest BCUT2D eigenvalue weighted by atomic mass is 9.78. The van der Waals surface area contributed by atoms with Gasteiger partial charge < -0.3 is 20.5 Å². The molecule has 0 aliphatic carbocycles. The second-order valence-electron chi connectivity index (χ2n) is 6.65. The first-order valence-corrected chi connectivity index (χ1v) is 8.10. The number of anilines is 1. The number of carbonyl (C=O) groups excluding carboxylic acids is 1. The fraction of sp³-hybridized carbons (Fsp3) is 0.588. The minimum Gasteiger partial charge on any atom is -0.399 e.